The largest absolute Gasteiger partial charge is 0.456 e. The van der Waals surface area contributed by atoms with Crippen LogP contribution in [0.5, 0.6) is 0 Å². The Hall–Kier alpha value is -7.55. The molecule has 0 saturated carbocycles. The molecule has 0 saturated heterocycles. The molecule has 12 rings (SSSR count). The van der Waals surface area contributed by atoms with E-state index in [4.69, 9.17) is 15.4 Å². The molecule has 0 fully saturated rings. The zero-order valence-electron chi connectivity index (χ0n) is 28.7. The van der Waals surface area contributed by atoms with Crippen molar-refractivity contribution in [2.24, 2.45) is 0 Å². The summed E-state index contributed by atoms with van der Waals surface area (Å²) in [7, 11) is 0. The summed E-state index contributed by atoms with van der Waals surface area (Å²) >= 11 is 0. The Balaban J connectivity index is 1.19. The van der Waals surface area contributed by atoms with Gasteiger partial charge in [0.2, 0.25) is 0 Å². The van der Waals surface area contributed by atoms with Crippen molar-refractivity contribution in [2.75, 3.05) is 0 Å². The fraction of sp³-hybridized carbons (Fsp3) is 0. The quantitative estimate of drug-likeness (QED) is 0.173. The van der Waals surface area contributed by atoms with Crippen LogP contribution in [-0.4, -0.2) is 9.13 Å². The summed E-state index contributed by atoms with van der Waals surface area (Å²) in [6, 6.07) is 56.9. The average molecular weight is 690 g/mol. The van der Waals surface area contributed by atoms with E-state index in [1.165, 1.54) is 5.39 Å². The van der Waals surface area contributed by atoms with Gasteiger partial charge in [-0.3, -0.25) is 0 Å². The van der Waals surface area contributed by atoms with Crippen LogP contribution in [0.3, 0.4) is 0 Å². The maximum atomic E-state index is 8.31. The fourth-order valence-corrected chi connectivity index (χ4v) is 8.91. The molecule has 0 radical (unpaired) electrons. The van der Waals surface area contributed by atoms with Gasteiger partial charge in [-0.15, -0.1) is 0 Å². The van der Waals surface area contributed by atoms with Gasteiger partial charge in [0.15, 0.2) is 5.69 Å². The monoisotopic (exact) mass is 689 g/mol. The maximum absolute atomic E-state index is 8.31. The highest BCUT2D eigenvalue weighted by Crippen LogP contribution is 2.45. The number of hydrogen-bond acceptors (Lipinski definition) is 2. The van der Waals surface area contributed by atoms with Gasteiger partial charge < -0.3 is 18.0 Å². The molecule has 12 aromatic rings. The van der Waals surface area contributed by atoms with Gasteiger partial charge in [0.1, 0.15) is 22.3 Å². The molecule has 0 aliphatic heterocycles. The third-order valence-corrected chi connectivity index (χ3v) is 11.1. The standard InChI is InChI=1S/C49H27N3O2/c1-50-30-26-29(27-31(28-30)51-40-18-8-3-13-33(40)35-22-24-44-46(48(35)51)37-15-5-10-20-42(37)53-44)32-12-2-7-17-39(32)52-41-19-9-4-14-34(41)36-23-25-45-47(49(36)52)38-16-6-11-21-43(38)54-45/h2-28H. The second-order valence-electron chi connectivity index (χ2n) is 13.9. The molecular weight excluding hydrogens is 663 g/mol. The number of rotatable bonds is 3. The van der Waals surface area contributed by atoms with E-state index in [1.54, 1.807) is 0 Å². The molecule has 250 valence electrons. The minimum Gasteiger partial charge on any atom is -0.456 e. The number of fused-ring (bicyclic) bond motifs is 14. The van der Waals surface area contributed by atoms with Crippen LogP contribution in [0.1, 0.15) is 0 Å². The first kappa shape index (κ1) is 29.1. The third-order valence-electron chi connectivity index (χ3n) is 11.1. The van der Waals surface area contributed by atoms with Crippen molar-refractivity contribution < 1.29 is 8.83 Å². The molecule has 8 aromatic carbocycles. The Morgan fingerprint density at radius 2 is 0.944 bits per heavy atom. The molecule has 0 atom stereocenters. The minimum absolute atomic E-state index is 0.568. The van der Waals surface area contributed by atoms with Gasteiger partial charge >= 0.3 is 0 Å². The Morgan fingerprint density at radius 3 is 1.57 bits per heavy atom. The van der Waals surface area contributed by atoms with Crippen LogP contribution < -0.4 is 0 Å². The molecule has 5 heteroatoms. The Kier molecular flexibility index (Phi) is 5.78. The van der Waals surface area contributed by atoms with E-state index in [0.717, 1.165) is 105 Å². The van der Waals surface area contributed by atoms with Crippen LogP contribution in [0.2, 0.25) is 0 Å². The summed E-state index contributed by atoms with van der Waals surface area (Å²) in [6.07, 6.45) is 0. The molecule has 54 heavy (non-hydrogen) atoms. The molecule has 4 heterocycles. The van der Waals surface area contributed by atoms with E-state index in [1.807, 2.05) is 36.4 Å². The highest BCUT2D eigenvalue weighted by Gasteiger charge is 2.23. The first-order chi connectivity index (χ1) is 26.7. The molecule has 0 aliphatic carbocycles. The highest BCUT2D eigenvalue weighted by molar-refractivity contribution is 6.26. The molecule has 0 unspecified atom stereocenters. The number of hydrogen-bond donors (Lipinski definition) is 0. The normalized spacial score (nSPS) is 12.1. The van der Waals surface area contributed by atoms with Crippen molar-refractivity contribution in [3.63, 3.8) is 0 Å². The Bertz CT molecular complexity index is 3590. The van der Waals surface area contributed by atoms with Crippen LogP contribution in [0.4, 0.5) is 5.69 Å². The number of para-hydroxylation sites is 5. The second kappa shape index (κ2) is 10.7. The topological polar surface area (TPSA) is 40.5 Å². The summed E-state index contributed by atoms with van der Waals surface area (Å²) in [5.41, 5.74) is 12.3. The second-order valence-corrected chi connectivity index (χ2v) is 13.9. The summed E-state index contributed by atoms with van der Waals surface area (Å²) in [6.45, 7) is 8.31. The lowest BCUT2D eigenvalue weighted by Gasteiger charge is -2.17. The number of aromatic nitrogens is 2. The lowest BCUT2D eigenvalue weighted by Crippen LogP contribution is -1.99. The van der Waals surface area contributed by atoms with Crippen LogP contribution in [0, 0.1) is 6.57 Å². The van der Waals surface area contributed by atoms with Gasteiger partial charge in [0.05, 0.1) is 45.1 Å². The van der Waals surface area contributed by atoms with E-state index >= 15 is 0 Å². The number of benzene rings is 8. The van der Waals surface area contributed by atoms with Crippen LogP contribution in [0.15, 0.2) is 173 Å². The lowest BCUT2D eigenvalue weighted by molar-refractivity contribution is 0.669. The van der Waals surface area contributed by atoms with Crippen molar-refractivity contribution in [2.45, 2.75) is 0 Å². The predicted octanol–water partition coefficient (Wildman–Crippen LogP) is 13.9. The van der Waals surface area contributed by atoms with Gasteiger partial charge in [0, 0.05) is 43.6 Å². The molecular formula is C49H27N3O2. The minimum atomic E-state index is 0.568. The molecule has 4 aromatic heterocycles. The number of furan rings is 2. The van der Waals surface area contributed by atoms with Gasteiger partial charge in [-0.1, -0.05) is 91.0 Å². The first-order valence-corrected chi connectivity index (χ1v) is 18.0. The van der Waals surface area contributed by atoms with E-state index in [9.17, 15) is 0 Å². The smallest absolute Gasteiger partial charge is 0.189 e. The van der Waals surface area contributed by atoms with E-state index in [-0.39, 0.29) is 0 Å². The van der Waals surface area contributed by atoms with Crippen LogP contribution >= 0.6 is 0 Å². The Labute approximate surface area is 307 Å². The van der Waals surface area contributed by atoms with Crippen molar-refractivity contribution in [1.82, 2.24) is 9.13 Å². The van der Waals surface area contributed by atoms with E-state index in [2.05, 4.69) is 141 Å². The molecule has 0 aliphatic rings. The van der Waals surface area contributed by atoms with Crippen molar-refractivity contribution in [1.29, 1.82) is 0 Å². The Morgan fingerprint density at radius 1 is 0.426 bits per heavy atom. The zero-order valence-corrected chi connectivity index (χ0v) is 28.7. The summed E-state index contributed by atoms with van der Waals surface area (Å²) in [5.74, 6) is 0. The SMILES string of the molecule is [C-]#[N+]c1cc(-c2ccccc2-n2c3ccccc3c3ccc4oc5ccccc5c4c32)cc(-n2c3ccccc3c3ccc4oc5ccccc5c4c32)c1. The van der Waals surface area contributed by atoms with Crippen molar-refractivity contribution in [3.8, 4) is 22.5 Å². The first-order valence-electron chi connectivity index (χ1n) is 18.0. The molecule has 0 bridgehead atoms. The van der Waals surface area contributed by atoms with Gasteiger partial charge in [-0.05, 0) is 78.4 Å². The van der Waals surface area contributed by atoms with E-state index < -0.39 is 0 Å². The third kappa shape index (κ3) is 3.86. The van der Waals surface area contributed by atoms with Gasteiger partial charge in [-0.2, -0.15) is 0 Å². The maximum Gasteiger partial charge on any atom is 0.189 e. The summed E-state index contributed by atoms with van der Waals surface area (Å²) in [5, 5.41) is 8.93. The lowest BCUT2D eigenvalue weighted by atomic mass is 10.0. The van der Waals surface area contributed by atoms with E-state index in [0.29, 0.717) is 5.69 Å². The van der Waals surface area contributed by atoms with Crippen LogP contribution in [-0.2, 0) is 0 Å². The van der Waals surface area contributed by atoms with Crippen LogP contribution in [0.25, 0.3) is 115 Å². The highest BCUT2D eigenvalue weighted by atomic mass is 16.3. The summed E-state index contributed by atoms with van der Waals surface area (Å²) in [4.78, 5) is 4.05. The fourth-order valence-electron chi connectivity index (χ4n) is 8.91. The van der Waals surface area contributed by atoms with Gasteiger partial charge in [0.25, 0.3) is 0 Å². The van der Waals surface area contributed by atoms with Gasteiger partial charge in [-0.25, -0.2) is 4.85 Å². The molecule has 5 nitrogen and oxygen atoms in total. The number of nitrogens with zero attached hydrogens (tertiary/aromatic N) is 3. The molecule has 0 amide bonds. The van der Waals surface area contributed by atoms with Crippen molar-refractivity contribution >= 4 is 93.2 Å². The predicted molar refractivity (Wildman–Crippen MR) is 221 cm³/mol. The zero-order chi connectivity index (χ0) is 35.5. The molecule has 0 N–H and O–H groups in total. The average Bonchev–Trinajstić information content (AvgIpc) is 3.98. The van der Waals surface area contributed by atoms with Crippen molar-refractivity contribution in [3.05, 3.63) is 175 Å². The summed E-state index contributed by atoms with van der Waals surface area (Å²) < 4.78 is 17.5. The molecule has 0 spiro atoms.